The molecule has 4 rings (SSSR count). The van der Waals surface area contributed by atoms with Crippen molar-refractivity contribution in [1.29, 1.82) is 0 Å². The lowest BCUT2D eigenvalue weighted by Gasteiger charge is -2.25. The SMILES string of the molecule is COc1ccc2c(ccn2S(=O)(=O)c2ccc(OC)c(OC3CCNCC3)c2)c1. The number of piperidine rings is 1. The second-order valence-electron chi connectivity index (χ2n) is 6.92. The van der Waals surface area contributed by atoms with Gasteiger partial charge in [-0.1, -0.05) is 0 Å². The van der Waals surface area contributed by atoms with Gasteiger partial charge in [0.2, 0.25) is 0 Å². The molecule has 0 radical (unpaired) electrons. The fourth-order valence-corrected chi connectivity index (χ4v) is 4.92. The number of hydrogen-bond donors (Lipinski definition) is 1. The van der Waals surface area contributed by atoms with Crippen LogP contribution in [0.15, 0.2) is 53.6 Å². The molecule has 2 aromatic carbocycles. The highest BCUT2D eigenvalue weighted by atomic mass is 32.2. The number of nitrogens with one attached hydrogen (secondary N) is 1. The topological polar surface area (TPSA) is 78.8 Å². The van der Waals surface area contributed by atoms with Gasteiger partial charge in [-0.25, -0.2) is 12.4 Å². The molecule has 0 bridgehead atoms. The molecule has 7 nitrogen and oxygen atoms in total. The Morgan fingerprint density at radius 2 is 1.76 bits per heavy atom. The Hall–Kier alpha value is -2.71. The van der Waals surface area contributed by atoms with Crippen molar-refractivity contribution in [2.24, 2.45) is 0 Å². The van der Waals surface area contributed by atoms with Crippen LogP contribution in [0.2, 0.25) is 0 Å². The summed E-state index contributed by atoms with van der Waals surface area (Å²) >= 11 is 0. The van der Waals surface area contributed by atoms with Gasteiger partial charge in [0.25, 0.3) is 10.0 Å². The van der Waals surface area contributed by atoms with E-state index in [2.05, 4.69) is 5.32 Å². The first kappa shape index (κ1) is 19.6. The fourth-order valence-electron chi connectivity index (χ4n) is 3.55. The average molecular weight is 416 g/mol. The zero-order valence-corrected chi connectivity index (χ0v) is 17.2. The van der Waals surface area contributed by atoms with E-state index in [-0.39, 0.29) is 11.0 Å². The monoisotopic (exact) mass is 416 g/mol. The summed E-state index contributed by atoms with van der Waals surface area (Å²) in [7, 11) is -0.675. The van der Waals surface area contributed by atoms with Gasteiger partial charge >= 0.3 is 0 Å². The molecule has 1 saturated heterocycles. The van der Waals surface area contributed by atoms with Crippen molar-refractivity contribution in [2.45, 2.75) is 23.8 Å². The number of rotatable bonds is 6. The second kappa shape index (κ2) is 7.96. The molecule has 1 aromatic heterocycles. The minimum absolute atomic E-state index is 0.0305. The highest BCUT2D eigenvalue weighted by Gasteiger charge is 2.23. The van der Waals surface area contributed by atoms with E-state index in [0.717, 1.165) is 31.3 Å². The van der Waals surface area contributed by atoms with Crippen molar-refractivity contribution in [3.63, 3.8) is 0 Å². The normalized spacial score (nSPS) is 15.4. The summed E-state index contributed by atoms with van der Waals surface area (Å²) in [4.78, 5) is 0.149. The third kappa shape index (κ3) is 3.77. The van der Waals surface area contributed by atoms with Gasteiger partial charge in [0.15, 0.2) is 11.5 Å². The smallest absolute Gasteiger partial charge is 0.268 e. The standard InChI is InChI=1S/C21H24N2O5S/c1-26-17-3-5-19-15(13-17)9-12-23(19)29(24,25)18-4-6-20(27-2)21(14-18)28-16-7-10-22-11-8-16/h3-6,9,12-14,16,22H,7-8,10-11H2,1-2H3. The first-order valence-electron chi connectivity index (χ1n) is 9.49. The summed E-state index contributed by atoms with van der Waals surface area (Å²) < 4.78 is 44.6. The molecule has 0 aliphatic carbocycles. The van der Waals surface area contributed by atoms with E-state index in [9.17, 15) is 8.42 Å². The van der Waals surface area contributed by atoms with Crippen LogP contribution in [-0.2, 0) is 10.0 Å². The minimum atomic E-state index is -3.80. The summed E-state index contributed by atoms with van der Waals surface area (Å²) in [6, 6.07) is 11.8. The number of hydrogen-bond acceptors (Lipinski definition) is 6. The first-order chi connectivity index (χ1) is 14.0. The van der Waals surface area contributed by atoms with Crippen LogP contribution in [0, 0.1) is 0 Å². The summed E-state index contributed by atoms with van der Waals surface area (Å²) in [6.45, 7) is 1.76. The maximum atomic E-state index is 13.3. The van der Waals surface area contributed by atoms with Crippen molar-refractivity contribution in [3.05, 3.63) is 48.7 Å². The molecule has 1 fully saturated rings. The van der Waals surface area contributed by atoms with Crippen LogP contribution in [-0.4, -0.2) is 45.8 Å². The molecule has 29 heavy (non-hydrogen) atoms. The Kier molecular flexibility index (Phi) is 5.38. The Morgan fingerprint density at radius 3 is 2.48 bits per heavy atom. The van der Waals surface area contributed by atoms with Crippen LogP contribution >= 0.6 is 0 Å². The highest BCUT2D eigenvalue weighted by Crippen LogP contribution is 2.33. The van der Waals surface area contributed by atoms with E-state index >= 15 is 0 Å². The molecule has 0 amide bonds. The van der Waals surface area contributed by atoms with Gasteiger partial charge in [-0.15, -0.1) is 0 Å². The lowest BCUT2D eigenvalue weighted by atomic mass is 10.1. The van der Waals surface area contributed by atoms with Crippen LogP contribution < -0.4 is 19.5 Å². The maximum absolute atomic E-state index is 13.3. The number of aromatic nitrogens is 1. The van der Waals surface area contributed by atoms with Crippen LogP contribution in [0.5, 0.6) is 17.2 Å². The Bertz CT molecular complexity index is 1120. The quantitative estimate of drug-likeness (QED) is 0.666. The van der Waals surface area contributed by atoms with Crippen molar-refractivity contribution in [3.8, 4) is 17.2 Å². The molecule has 0 unspecified atom stereocenters. The van der Waals surface area contributed by atoms with E-state index in [4.69, 9.17) is 14.2 Å². The highest BCUT2D eigenvalue weighted by molar-refractivity contribution is 7.90. The molecule has 2 heterocycles. The van der Waals surface area contributed by atoms with Crippen LogP contribution in [0.25, 0.3) is 10.9 Å². The van der Waals surface area contributed by atoms with Crippen molar-refractivity contribution >= 4 is 20.9 Å². The van der Waals surface area contributed by atoms with Crippen molar-refractivity contribution < 1.29 is 22.6 Å². The third-order valence-electron chi connectivity index (χ3n) is 5.13. The largest absolute Gasteiger partial charge is 0.497 e. The van der Waals surface area contributed by atoms with E-state index in [1.807, 2.05) is 0 Å². The van der Waals surface area contributed by atoms with Gasteiger partial charge < -0.3 is 19.5 Å². The molecular weight excluding hydrogens is 392 g/mol. The molecule has 0 spiro atoms. The van der Waals surface area contributed by atoms with E-state index in [1.54, 1.807) is 62.9 Å². The average Bonchev–Trinajstić information content (AvgIpc) is 3.18. The molecule has 3 aromatic rings. The summed E-state index contributed by atoms with van der Waals surface area (Å²) in [6.07, 6.45) is 3.31. The Balaban J connectivity index is 1.72. The summed E-state index contributed by atoms with van der Waals surface area (Å²) in [5.41, 5.74) is 0.586. The van der Waals surface area contributed by atoms with Gasteiger partial charge in [-0.3, -0.25) is 0 Å². The van der Waals surface area contributed by atoms with E-state index in [1.165, 1.54) is 3.97 Å². The maximum Gasteiger partial charge on any atom is 0.268 e. The van der Waals surface area contributed by atoms with Crippen LogP contribution in [0.3, 0.4) is 0 Å². The van der Waals surface area contributed by atoms with E-state index in [0.29, 0.717) is 22.8 Å². The zero-order chi connectivity index (χ0) is 20.4. The lowest BCUT2D eigenvalue weighted by Crippen LogP contribution is -2.34. The fraction of sp³-hybridized carbons (Fsp3) is 0.333. The number of nitrogens with zero attached hydrogens (tertiary/aromatic N) is 1. The second-order valence-corrected chi connectivity index (χ2v) is 8.74. The first-order valence-corrected chi connectivity index (χ1v) is 10.9. The molecular formula is C21H24N2O5S. The lowest BCUT2D eigenvalue weighted by molar-refractivity contribution is 0.156. The van der Waals surface area contributed by atoms with Crippen molar-refractivity contribution in [1.82, 2.24) is 9.29 Å². The number of methoxy groups -OCH3 is 2. The van der Waals surface area contributed by atoms with Gasteiger partial charge in [0.1, 0.15) is 11.9 Å². The van der Waals surface area contributed by atoms with Crippen LogP contribution in [0.4, 0.5) is 0 Å². The van der Waals surface area contributed by atoms with Gasteiger partial charge in [-0.2, -0.15) is 0 Å². The number of fused-ring (bicyclic) bond motifs is 1. The zero-order valence-electron chi connectivity index (χ0n) is 16.4. The summed E-state index contributed by atoms with van der Waals surface area (Å²) in [5, 5.41) is 4.07. The Labute approximate surface area is 170 Å². The number of benzene rings is 2. The molecule has 0 atom stereocenters. The van der Waals surface area contributed by atoms with E-state index < -0.39 is 10.0 Å². The third-order valence-corrected chi connectivity index (χ3v) is 6.82. The molecule has 1 aliphatic heterocycles. The minimum Gasteiger partial charge on any atom is -0.497 e. The number of ether oxygens (including phenoxy) is 3. The van der Waals surface area contributed by atoms with Crippen molar-refractivity contribution in [2.75, 3.05) is 27.3 Å². The van der Waals surface area contributed by atoms with Crippen LogP contribution in [0.1, 0.15) is 12.8 Å². The molecule has 1 aliphatic rings. The molecule has 1 N–H and O–H groups in total. The van der Waals surface area contributed by atoms with Gasteiger partial charge in [0.05, 0.1) is 24.6 Å². The van der Waals surface area contributed by atoms with Gasteiger partial charge in [-0.05, 0) is 62.3 Å². The predicted molar refractivity (Wildman–Crippen MR) is 111 cm³/mol. The molecule has 0 saturated carbocycles. The van der Waals surface area contributed by atoms with Gasteiger partial charge in [0, 0.05) is 17.6 Å². The Morgan fingerprint density at radius 1 is 0.966 bits per heavy atom. The predicted octanol–water partition coefficient (Wildman–Crippen LogP) is 3.03. The molecule has 8 heteroatoms. The summed E-state index contributed by atoms with van der Waals surface area (Å²) in [5.74, 6) is 1.64. The molecule has 154 valence electrons.